The van der Waals surface area contributed by atoms with Crippen LogP contribution in [-0.4, -0.2) is 14.1 Å². The van der Waals surface area contributed by atoms with E-state index < -0.39 is 0 Å². The maximum absolute atomic E-state index is 3.81. The van der Waals surface area contributed by atoms with Gasteiger partial charge >= 0.3 is 0 Å². The minimum atomic E-state index is 1.11. The molecule has 234 valence electrons. The van der Waals surface area contributed by atoms with Gasteiger partial charge in [0.05, 0.1) is 0 Å². The Balaban J connectivity index is 1.59. The molecule has 43 heavy (non-hydrogen) atoms. The van der Waals surface area contributed by atoms with E-state index in [1.165, 1.54) is 120 Å². The summed E-state index contributed by atoms with van der Waals surface area (Å²) < 4.78 is 2.32. The van der Waals surface area contributed by atoms with Crippen LogP contribution in [0.25, 0.3) is 11.6 Å². The summed E-state index contributed by atoms with van der Waals surface area (Å²) in [5.41, 5.74) is 4.77. The summed E-state index contributed by atoms with van der Waals surface area (Å²) >= 11 is 0. The van der Waals surface area contributed by atoms with E-state index in [1.54, 1.807) is 0 Å². The fourth-order valence-corrected chi connectivity index (χ4v) is 5.33. The molecule has 0 bridgehead atoms. The standard InChI is InChI=1S/C41H61N2/c1-5-7-9-10-11-12-13-14-15-16-17-18-19-20-21-25-35-43-36-33-38(34-37-43)26-23-22-24-28-39(27-8-6-2)40-29-31-41(32-30-40)42(3)4/h6,8,22-24,26-34,36-37H,2,5,7,9-21,25,35H2,1,3-4H3/q+1/b27-8+. The fraction of sp³-hybridized carbons (Fsp3) is 0.488. The molecular weight excluding hydrogens is 520 g/mol. The second kappa shape index (κ2) is 24.3. The zero-order valence-corrected chi connectivity index (χ0v) is 27.9. The Morgan fingerprint density at radius 2 is 1.19 bits per heavy atom. The lowest BCUT2D eigenvalue weighted by molar-refractivity contribution is -0.697. The molecule has 0 atom stereocenters. The van der Waals surface area contributed by atoms with Crippen molar-refractivity contribution in [1.29, 1.82) is 0 Å². The van der Waals surface area contributed by atoms with E-state index in [4.69, 9.17) is 0 Å². The number of benzene rings is 1. The molecule has 1 aromatic carbocycles. The third-order valence-electron chi connectivity index (χ3n) is 8.10. The number of anilines is 1. The van der Waals surface area contributed by atoms with E-state index >= 15 is 0 Å². The Morgan fingerprint density at radius 1 is 0.651 bits per heavy atom. The van der Waals surface area contributed by atoms with Crippen molar-refractivity contribution in [3.63, 3.8) is 0 Å². The second-order valence-corrected chi connectivity index (χ2v) is 12.1. The van der Waals surface area contributed by atoms with Gasteiger partial charge in [-0.25, -0.2) is 4.57 Å². The van der Waals surface area contributed by atoms with Gasteiger partial charge in [0.2, 0.25) is 0 Å². The summed E-state index contributed by atoms with van der Waals surface area (Å²) in [6, 6.07) is 13.0. The predicted molar refractivity (Wildman–Crippen MR) is 192 cm³/mol. The first-order valence-corrected chi connectivity index (χ1v) is 17.2. The van der Waals surface area contributed by atoms with Crippen molar-refractivity contribution < 1.29 is 4.57 Å². The zero-order chi connectivity index (χ0) is 30.8. The molecule has 0 aliphatic carbocycles. The van der Waals surface area contributed by atoms with E-state index in [9.17, 15) is 0 Å². The highest BCUT2D eigenvalue weighted by molar-refractivity contribution is 5.76. The van der Waals surface area contributed by atoms with Crippen LogP contribution in [0, 0.1) is 0 Å². The Morgan fingerprint density at radius 3 is 1.70 bits per heavy atom. The van der Waals surface area contributed by atoms with Crippen LogP contribution in [-0.2, 0) is 6.54 Å². The molecule has 2 rings (SSSR count). The smallest absolute Gasteiger partial charge is 0.169 e. The molecule has 2 nitrogen and oxygen atoms in total. The van der Waals surface area contributed by atoms with Crippen molar-refractivity contribution in [3.8, 4) is 0 Å². The fourth-order valence-electron chi connectivity index (χ4n) is 5.33. The van der Waals surface area contributed by atoms with Crippen LogP contribution in [0.4, 0.5) is 5.69 Å². The number of hydrogen-bond donors (Lipinski definition) is 0. The van der Waals surface area contributed by atoms with E-state index in [0.29, 0.717) is 0 Å². The summed E-state index contributed by atoms with van der Waals surface area (Å²) in [6.45, 7) is 7.22. The zero-order valence-electron chi connectivity index (χ0n) is 27.9. The van der Waals surface area contributed by atoms with Crippen LogP contribution in [0.3, 0.4) is 0 Å². The van der Waals surface area contributed by atoms with Crippen LogP contribution in [0.2, 0.25) is 0 Å². The molecule has 2 aromatic rings. The van der Waals surface area contributed by atoms with Gasteiger partial charge in [-0.3, -0.25) is 0 Å². The minimum absolute atomic E-state index is 1.11. The van der Waals surface area contributed by atoms with Crippen molar-refractivity contribution in [2.24, 2.45) is 0 Å². The van der Waals surface area contributed by atoms with Gasteiger partial charge in [-0.1, -0.05) is 164 Å². The van der Waals surface area contributed by atoms with E-state index in [-0.39, 0.29) is 0 Å². The van der Waals surface area contributed by atoms with Gasteiger partial charge in [0.15, 0.2) is 12.4 Å². The molecule has 1 aromatic heterocycles. The quantitative estimate of drug-likeness (QED) is 0.0679. The van der Waals surface area contributed by atoms with Crippen molar-refractivity contribution in [3.05, 3.63) is 109 Å². The average molecular weight is 582 g/mol. The highest BCUT2D eigenvalue weighted by Crippen LogP contribution is 2.20. The normalized spacial score (nSPS) is 12.2. The highest BCUT2D eigenvalue weighted by atomic mass is 15.1. The van der Waals surface area contributed by atoms with E-state index in [0.717, 1.165) is 12.1 Å². The molecule has 0 fully saturated rings. The maximum atomic E-state index is 3.81. The number of pyridine rings is 1. The number of nitrogens with zero attached hydrogens (tertiary/aromatic N) is 2. The third-order valence-corrected chi connectivity index (χ3v) is 8.10. The van der Waals surface area contributed by atoms with Gasteiger partial charge in [-0.2, -0.15) is 0 Å². The highest BCUT2D eigenvalue weighted by Gasteiger charge is 2.01. The van der Waals surface area contributed by atoms with Crippen LogP contribution in [0.1, 0.15) is 121 Å². The topological polar surface area (TPSA) is 7.12 Å². The molecule has 1 heterocycles. The van der Waals surface area contributed by atoms with Gasteiger partial charge in [0.25, 0.3) is 0 Å². The van der Waals surface area contributed by atoms with Crippen LogP contribution in [0.5, 0.6) is 0 Å². The van der Waals surface area contributed by atoms with E-state index in [2.05, 4.69) is 122 Å². The SMILES string of the molecule is C=C/C=C/C(=C\C=C\C=C\c1cc[n+](CCCCCCCCCCCCCCCCCC)cc1)c1ccc(N(C)C)cc1. The van der Waals surface area contributed by atoms with E-state index in [1.807, 2.05) is 12.2 Å². The molecule has 0 aliphatic rings. The first-order valence-electron chi connectivity index (χ1n) is 17.2. The summed E-state index contributed by atoms with van der Waals surface area (Å²) in [5, 5.41) is 0. The lowest BCUT2D eigenvalue weighted by Crippen LogP contribution is -2.32. The van der Waals surface area contributed by atoms with Crippen molar-refractivity contribution in [1.82, 2.24) is 0 Å². The third kappa shape index (κ3) is 17.6. The van der Waals surface area contributed by atoms with Crippen LogP contribution in [0.15, 0.2) is 97.9 Å². The second-order valence-electron chi connectivity index (χ2n) is 12.1. The summed E-state index contributed by atoms with van der Waals surface area (Å²) in [4.78, 5) is 2.12. The summed E-state index contributed by atoms with van der Waals surface area (Å²) in [7, 11) is 4.12. The van der Waals surface area contributed by atoms with Gasteiger partial charge in [-0.05, 0) is 35.3 Å². The first-order chi connectivity index (χ1) is 21.1. The molecule has 0 saturated heterocycles. The monoisotopic (exact) mass is 581 g/mol. The van der Waals surface area contributed by atoms with Gasteiger partial charge in [0, 0.05) is 38.3 Å². The summed E-state index contributed by atoms with van der Waals surface area (Å²) in [6.07, 6.45) is 43.6. The molecule has 0 spiro atoms. The van der Waals surface area contributed by atoms with Gasteiger partial charge in [0.1, 0.15) is 6.54 Å². The number of hydrogen-bond acceptors (Lipinski definition) is 1. The Kier molecular flexibility index (Phi) is 20.4. The van der Waals surface area contributed by atoms with Crippen LogP contribution < -0.4 is 9.47 Å². The van der Waals surface area contributed by atoms with Crippen LogP contribution >= 0.6 is 0 Å². The molecule has 0 aliphatic heterocycles. The first kappa shape index (κ1) is 36.1. The maximum Gasteiger partial charge on any atom is 0.169 e. The molecule has 0 radical (unpaired) electrons. The molecule has 0 amide bonds. The lowest BCUT2D eigenvalue weighted by atomic mass is 10.0. The Hall–Kier alpha value is -3.13. The van der Waals surface area contributed by atoms with Gasteiger partial charge in [-0.15, -0.1) is 0 Å². The van der Waals surface area contributed by atoms with Gasteiger partial charge < -0.3 is 4.90 Å². The van der Waals surface area contributed by atoms with Crippen molar-refractivity contribution >= 4 is 17.3 Å². The summed E-state index contributed by atoms with van der Waals surface area (Å²) in [5.74, 6) is 0. The van der Waals surface area contributed by atoms with Crippen molar-refractivity contribution in [2.75, 3.05) is 19.0 Å². The largest absolute Gasteiger partial charge is 0.378 e. The Bertz CT molecular complexity index is 1080. The number of aromatic nitrogens is 1. The average Bonchev–Trinajstić information content (AvgIpc) is 3.03. The molecular formula is C41H61N2+. The predicted octanol–water partition coefficient (Wildman–Crippen LogP) is 11.7. The molecule has 0 unspecified atom stereocenters. The Labute approximate surface area is 265 Å². The van der Waals surface area contributed by atoms with Crippen molar-refractivity contribution in [2.45, 2.75) is 116 Å². The lowest BCUT2D eigenvalue weighted by Gasteiger charge is -2.12. The molecule has 0 N–H and O–H groups in total. The minimum Gasteiger partial charge on any atom is -0.378 e. The number of unbranched alkanes of at least 4 members (excludes halogenated alkanes) is 15. The number of allylic oxidation sites excluding steroid dienone is 8. The number of rotatable bonds is 24. The molecule has 2 heteroatoms. The number of aryl methyl sites for hydroxylation is 1. The molecule has 0 saturated carbocycles.